The van der Waals surface area contributed by atoms with Crippen molar-refractivity contribution in [3.05, 3.63) is 41.5 Å². The molecule has 1 saturated carbocycles. The molecule has 0 saturated heterocycles. The molecule has 1 heteroatoms. The van der Waals surface area contributed by atoms with E-state index in [9.17, 15) is 0 Å². The maximum absolute atomic E-state index is 8.86. The number of aliphatic hydroxyl groups excluding tert-OH is 1. The van der Waals surface area contributed by atoms with Gasteiger partial charge >= 0.3 is 0 Å². The van der Waals surface area contributed by atoms with Gasteiger partial charge in [0.1, 0.15) is 6.61 Å². The lowest BCUT2D eigenvalue weighted by atomic mass is 10.0. The summed E-state index contributed by atoms with van der Waals surface area (Å²) in [4.78, 5) is 0. The third kappa shape index (κ3) is 1.51. The van der Waals surface area contributed by atoms with Gasteiger partial charge in [0.2, 0.25) is 0 Å². The van der Waals surface area contributed by atoms with Crippen LogP contribution in [0, 0.1) is 13.5 Å². The lowest BCUT2D eigenvalue weighted by Gasteiger charge is -2.03. The minimum Gasteiger partial charge on any atom is -0.385 e. The Kier molecular flexibility index (Phi) is 1.89. The van der Waals surface area contributed by atoms with Crippen molar-refractivity contribution in [2.24, 2.45) is 0 Å². The fourth-order valence-electron chi connectivity index (χ4n) is 1.57. The number of benzene rings is 1. The zero-order valence-corrected chi connectivity index (χ0v) is 7.25. The zero-order chi connectivity index (χ0) is 8.55. The highest BCUT2D eigenvalue weighted by molar-refractivity contribution is 5.35. The molecular weight excluding hydrogens is 148 g/mol. The summed E-state index contributed by atoms with van der Waals surface area (Å²) in [5, 5.41) is 8.86. The first-order chi connectivity index (χ1) is 5.79. The van der Waals surface area contributed by atoms with Gasteiger partial charge in [-0.2, -0.15) is 0 Å². The molecule has 1 aromatic rings. The van der Waals surface area contributed by atoms with E-state index in [0.717, 1.165) is 11.5 Å². The lowest BCUT2D eigenvalue weighted by Crippen LogP contribution is -1.87. The van der Waals surface area contributed by atoms with E-state index in [0.29, 0.717) is 0 Å². The van der Waals surface area contributed by atoms with Crippen LogP contribution >= 0.6 is 0 Å². The third-order valence-electron chi connectivity index (χ3n) is 2.32. The van der Waals surface area contributed by atoms with Crippen molar-refractivity contribution in [3.8, 4) is 0 Å². The van der Waals surface area contributed by atoms with Gasteiger partial charge in [-0.05, 0) is 36.8 Å². The van der Waals surface area contributed by atoms with Crippen LogP contribution in [0.4, 0.5) is 0 Å². The monoisotopic (exact) mass is 161 g/mol. The fourth-order valence-corrected chi connectivity index (χ4v) is 1.57. The molecule has 1 fully saturated rings. The molecule has 0 spiro atoms. The van der Waals surface area contributed by atoms with Crippen LogP contribution in [0.25, 0.3) is 0 Å². The van der Waals surface area contributed by atoms with Gasteiger partial charge in [0.15, 0.2) is 0 Å². The van der Waals surface area contributed by atoms with E-state index in [1.54, 1.807) is 0 Å². The second-order valence-corrected chi connectivity index (χ2v) is 3.58. The van der Waals surface area contributed by atoms with Crippen molar-refractivity contribution in [1.29, 1.82) is 0 Å². The molecule has 63 valence electrons. The van der Waals surface area contributed by atoms with Gasteiger partial charge in [-0.15, -0.1) is 0 Å². The van der Waals surface area contributed by atoms with Crippen molar-refractivity contribution in [2.45, 2.75) is 25.7 Å². The molecule has 0 unspecified atom stereocenters. The molecule has 1 N–H and O–H groups in total. The lowest BCUT2D eigenvalue weighted by molar-refractivity contribution is 0.414. The van der Waals surface area contributed by atoms with Crippen molar-refractivity contribution in [3.63, 3.8) is 0 Å². The van der Waals surface area contributed by atoms with E-state index in [1.807, 2.05) is 6.07 Å². The number of aliphatic hydroxyl groups is 1. The molecule has 0 aliphatic heterocycles. The van der Waals surface area contributed by atoms with Crippen LogP contribution in [0.3, 0.4) is 0 Å². The van der Waals surface area contributed by atoms with Gasteiger partial charge in [-0.3, -0.25) is 0 Å². The van der Waals surface area contributed by atoms with Crippen LogP contribution in [-0.2, 0) is 0 Å². The van der Waals surface area contributed by atoms with Gasteiger partial charge in [0, 0.05) is 0 Å². The average molecular weight is 161 g/mol. The highest BCUT2D eigenvalue weighted by atomic mass is 16.3. The molecule has 0 heterocycles. The largest absolute Gasteiger partial charge is 0.385 e. The molecule has 1 nitrogen and oxygen atoms in total. The SMILES string of the molecule is Cc1cc([CH]O)cc(C2CC2)c1. The number of hydrogen-bond acceptors (Lipinski definition) is 1. The molecule has 0 amide bonds. The Hall–Kier alpha value is -0.820. The fraction of sp³-hybridized carbons (Fsp3) is 0.364. The summed E-state index contributed by atoms with van der Waals surface area (Å²) in [5.74, 6) is 0.767. The van der Waals surface area contributed by atoms with Crippen molar-refractivity contribution in [1.82, 2.24) is 0 Å². The summed E-state index contributed by atoms with van der Waals surface area (Å²) in [7, 11) is 0. The summed E-state index contributed by atoms with van der Waals surface area (Å²) in [6.07, 6.45) is 2.63. The van der Waals surface area contributed by atoms with Gasteiger partial charge in [0.05, 0.1) is 0 Å². The Balaban J connectivity index is 2.34. The summed E-state index contributed by atoms with van der Waals surface area (Å²) < 4.78 is 0. The Morgan fingerprint density at radius 1 is 1.33 bits per heavy atom. The summed E-state index contributed by atoms with van der Waals surface area (Å²) in [5.41, 5.74) is 3.55. The number of hydrogen-bond donors (Lipinski definition) is 1. The van der Waals surface area contributed by atoms with Crippen molar-refractivity contribution >= 4 is 0 Å². The molecular formula is C11H13O. The van der Waals surface area contributed by atoms with E-state index < -0.39 is 0 Å². The minimum atomic E-state index is 0.767. The Morgan fingerprint density at radius 3 is 2.67 bits per heavy atom. The number of rotatable bonds is 2. The molecule has 0 bridgehead atoms. The highest BCUT2D eigenvalue weighted by Crippen LogP contribution is 2.40. The molecule has 1 aliphatic carbocycles. The van der Waals surface area contributed by atoms with Crippen molar-refractivity contribution < 1.29 is 5.11 Å². The summed E-state index contributed by atoms with van der Waals surface area (Å²) in [6.45, 7) is 3.25. The highest BCUT2D eigenvalue weighted by Gasteiger charge is 2.23. The van der Waals surface area contributed by atoms with E-state index in [-0.39, 0.29) is 0 Å². The average Bonchev–Trinajstić information content (AvgIpc) is 2.85. The van der Waals surface area contributed by atoms with Crippen LogP contribution in [0.1, 0.15) is 35.4 Å². The quantitative estimate of drug-likeness (QED) is 0.707. The van der Waals surface area contributed by atoms with Crippen molar-refractivity contribution in [2.75, 3.05) is 0 Å². The predicted octanol–water partition coefficient (Wildman–Crippen LogP) is 2.75. The molecule has 0 aromatic heterocycles. The minimum absolute atomic E-state index is 0.767. The molecule has 2 rings (SSSR count). The van der Waals surface area contributed by atoms with Crippen LogP contribution in [0.15, 0.2) is 18.2 Å². The predicted molar refractivity (Wildman–Crippen MR) is 48.5 cm³/mol. The second kappa shape index (κ2) is 2.91. The maximum atomic E-state index is 8.86. The first kappa shape index (κ1) is 7.81. The third-order valence-corrected chi connectivity index (χ3v) is 2.32. The summed E-state index contributed by atoms with van der Waals surface area (Å²) >= 11 is 0. The zero-order valence-electron chi connectivity index (χ0n) is 7.25. The molecule has 12 heavy (non-hydrogen) atoms. The Bertz CT molecular complexity index is 287. The van der Waals surface area contributed by atoms with E-state index in [2.05, 4.69) is 19.1 Å². The van der Waals surface area contributed by atoms with Crippen LogP contribution in [0.2, 0.25) is 0 Å². The van der Waals surface area contributed by atoms with E-state index in [1.165, 1.54) is 30.6 Å². The molecule has 0 atom stereocenters. The summed E-state index contributed by atoms with van der Waals surface area (Å²) in [6, 6.07) is 6.28. The van der Waals surface area contributed by atoms with Gasteiger partial charge in [-0.25, -0.2) is 0 Å². The number of aryl methyl sites for hydroxylation is 1. The van der Waals surface area contributed by atoms with Gasteiger partial charge in [-0.1, -0.05) is 23.8 Å². The van der Waals surface area contributed by atoms with Crippen LogP contribution in [0.5, 0.6) is 0 Å². The van der Waals surface area contributed by atoms with Crippen LogP contribution in [-0.4, -0.2) is 5.11 Å². The molecule has 1 aliphatic rings. The Labute approximate surface area is 73.0 Å². The van der Waals surface area contributed by atoms with E-state index >= 15 is 0 Å². The maximum Gasteiger partial charge on any atom is 0.109 e. The van der Waals surface area contributed by atoms with E-state index in [4.69, 9.17) is 5.11 Å². The standard InChI is InChI=1S/C11H13O/c1-8-4-9(7-12)6-11(5-8)10-2-3-10/h4-7,10,12H,2-3H2,1H3. The van der Waals surface area contributed by atoms with Crippen LogP contribution < -0.4 is 0 Å². The van der Waals surface area contributed by atoms with Gasteiger partial charge in [0.25, 0.3) is 0 Å². The smallest absolute Gasteiger partial charge is 0.109 e. The Morgan fingerprint density at radius 2 is 2.08 bits per heavy atom. The topological polar surface area (TPSA) is 20.2 Å². The van der Waals surface area contributed by atoms with Gasteiger partial charge < -0.3 is 5.11 Å². The molecule has 1 aromatic carbocycles. The first-order valence-corrected chi connectivity index (χ1v) is 4.38. The first-order valence-electron chi connectivity index (χ1n) is 4.38. The normalized spacial score (nSPS) is 16.5. The molecule has 1 radical (unpaired) electrons. The second-order valence-electron chi connectivity index (χ2n) is 3.58.